The number of nitrogens with zero attached hydrogens (tertiary/aromatic N) is 3. The van der Waals surface area contributed by atoms with Gasteiger partial charge in [0.15, 0.2) is 5.16 Å². The van der Waals surface area contributed by atoms with Crippen LogP contribution in [0, 0.1) is 17.0 Å². The predicted octanol–water partition coefficient (Wildman–Crippen LogP) is 3.25. The van der Waals surface area contributed by atoms with Crippen molar-refractivity contribution in [2.75, 3.05) is 18.6 Å². The van der Waals surface area contributed by atoms with Gasteiger partial charge in [0, 0.05) is 19.2 Å². The maximum atomic E-state index is 11.0. The highest BCUT2D eigenvalue weighted by molar-refractivity contribution is 7.98. The van der Waals surface area contributed by atoms with Gasteiger partial charge in [-0.05, 0) is 24.8 Å². The molecule has 1 aromatic carbocycles. The molecule has 0 fully saturated rings. The maximum Gasteiger partial charge on any atom is 0.311 e. The van der Waals surface area contributed by atoms with Crippen LogP contribution in [0.3, 0.4) is 0 Å². The van der Waals surface area contributed by atoms with E-state index in [2.05, 4.69) is 15.3 Å². The van der Waals surface area contributed by atoms with Crippen LogP contribution in [0.2, 0.25) is 0 Å². The van der Waals surface area contributed by atoms with Crippen LogP contribution in [-0.4, -0.2) is 28.2 Å². The van der Waals surface area contributed by atoms with Crippen LogP contribution < -0.4 is 10.1 Å². The number of hydrogen-bond acceptors (Lipinski definition) is 7. The molecule has 2 aromatic rings. The molecular weight excluding hydrogens is 292 g/mol. The molecule has 0 atom stereocenters. The molecule has 21 heavy (non-hydrogen) atoms. The van der Waals surface area contributed by atoms with Crippen molar-refractivity contribution in [2.24, 2.45) is 0 Å². The minimum atomic E-state index is -0.482. The number of rotatable bonds is 5. The summed E-state index contributed by atoms with van der Waals surface area (Å²) in [6.07, 6.45) is 1.84. The molecule has 0 saturated heterocycles. The number of hydrogen-bond donors (Lipinski definition) is 1. The number of aromatic nitrogens is 2. The molecule has 0 spiro atoms. The molecule has 0 amide bonds. The van der Waals surface area contributed by atoms with Gasteiger partial charge in [-0.15, -0.1) is 0 Å². The van der Waals surface area contributed by atoms with Gasteiger partial charge >= 0.3 is 5.69 Å². The number of ether oxygens (including phenoxy) is 1. The highest BCUT2D eigenvalue weighted by Gasteiger charge is 2.17. The van der Waals surface area contributed by atoms with Gasteiger partial charge in [0.05, 0.1) is 4.92 Å². The Morgan fingerprint density at radius 2 is 2.10 bits per heavy atom. The third-order valence-electron chi connectivity index (χ3n) is 2.65. The monoisotopic (exact) mass is 306 g/mol. The summed E-state index contributed by atoms with van der Waals surface area (Å²) in [5.41, 5.74) is 0.763. The molecule has 1 heterocycles. The molecule has 0 saturated carbocycles. The molecule has 1 N–H and O–H groups in total. The van der Waals surface area contributed by atoms with E-state index in [1.807, 2.05) is 13.2 Å². The number of nitrogens with one attached hydrogen (secondary N) is 1. The fraction of sp³-hybridized carbons (Fsp3) is 0.231. The maximum absolute atomic E-state index is 11.0. The molecule has 7 nitrogen and oxygen atoms in total. The van der Waals surface area contributed by atoms with E-state index in [-0.39, 0.29) is 17.3 Å². The Morgan fingerprint density at radius 3 is 2.71 bits per heavy atom. The SMILES string of the molecule is CNc1cc(Oc2cc(C)ccc2[N+](=O)[O-])nc(SC)n1. The van der Waals surface area contributed by atoms with Crippen LogP contribution in [0.25, 0.3) is 0 Å². The van der Waals surface area contributed by atoms with Crippen LogP contribution in [0.1, 0.15) is 5.56 Å². The molecule has 1 aromatic heterocycles. The molecule has 0 aliphatic rings. The highest BCUT2D eigenvalue weighted by Crippen LogP contribution is 2.32. The lowest BCUT2D eigenvalue weighted by Crippen LogP contribution is -1.99. The fourth-order valence-corrected chi connectivity index (χ4v) is 2.01. The highest BCUT2D eigenvalue weighted by atomic mass is 32.2. The van der Waals surface area contributed by atoms with Gasteiger partial charge in [-0.3, -0.25) is 10.1 Å². The third kappa shape index (κ3) is 3.60. The van der Waals surface area contributed by atoms with Crippen molar-refractivity contribution < 1.29 is 9.66 Å². The Balaban J connectivity index is 2.42. The average molecular weight is 306 g/mol. The van der Waals surface area contributed by atoms with Crippen molar-refractivity contribution in [3.63, 3.8) is 0 Å². The normalized spacial score (nSPS) is 10.2. The minimum absolute atomic E-state index is 0.101. The molecule has 2 rings (SSSR count). The summed E-state index contributed by atoms with van der Waals surface area (Å²) in [4.78, 5) is 19.0. The Labute approximate surface area is 125 Å². The van der Waals surface area contributed by atoms with Gasteiger partial charge in [0.1, 0.15) is 5.82 Å². The van der Waals surface area contributed by atoms with E-state index >= 15 is 0 Å². The van der Waals surface area contributed by atoms with Gasteiger partial charge in [-0.2, -0.15) is 4.98 Å². The lowest BCUT2D eigenvalue weighted by Gasteiger charge is -2.09. The standard InChI is InChI=1S/C13H14N4O3S/c1-8-4-5-9(17(18)19)10(6-8)20-12-7-11(14-2)15-13(16-12)21-3/h4-7H,1-3H3,(H,14,15,16). The van der Waals surface area contributed by atoms with E-state index in [0.717, 1.165) is 5.56 Å². The summed E-state index contributed by atoms with van der Waals surface area (Å²) < 4.78 is 5.59. The van der Waals surface area contributed by atoms with Crippen LogP contribution in [-0.2, 0) is 0 Å². The van der Waals surface area contributed by atoms with Gasteiger partial charge in [0.25, 0.3) is 0 Å². The van der Waals surface area contributed by atoms with Crippen molar-refractivity contribution in [1.29, 1.82) is 0 Å². The van der Waals surface area contributed by atoms with Crippen LogP contribution in [0.4, 0.5) is 11.5 Å². The number of thioether (sulfide) groups is 1. The zero-order valence-electron chi connectivity index (χ0n) is 11.8. The summed E-state index contributed by atoms with van der Waals surface area (Å²) in [7, 11) is 1.73. The van der Waals surface area contributed by atoms with Crippen LogP contribution in [0.15, 0.2) is 29.4 Å². The lowest BCUT2D eigenvalue weighted by molar-refractivity contribution is -0.385. The van der Waals surface area contributed by atoms with E-state index in [9.17, 15) is 10.1 Å². The molecule has 110 valence electrons. The van der Waals surface area contributed by atoms with Gasteiger partial charge in [0.2, 0.25) is 11.6 Å². The smallest absolute Gasteiger partial charge is 0.311 e. The quantitative estimate of drug-likeness (QED) is 0.392. The van der Waals surface area contributed by atoms with Crippen LogP contribution in [0.5, 0.6) is 11.6 Å². The first kappa shape index (κ1) is 15.0. The molecule has 0 aliphatic carbocycles. The second-order valence-corrected chi connectivity index (χ2v) is 4.93. The van der Waals surface area contributed by atoms with E-state index in [4.69, 9.17) is 4.74 Å². The molecule has 0 aliphatic heterocycles. The van der Waals surface area contributed by atoms with E-state index in [1.54, 1.807) is 25.2 Å². The second kappa shape index (κ2) is 6.40. The Kier molecular flexibility index (Phi) is 4.59. The first-order valence-electron chi connectivity index (χ1n) is 6.07. The number of nitro groups is 1. The van der Waals surface area contributed by atoms with Crippen molar-refractivity contribution in [2.45, 2.75) is 12.1 Å². The van der Waals surface area contributed by atoms with Crippen molar-refractivity contribution >= 4 is 23.3 Å². The topological polar surface area (TPSA) is 90.2 Å². The fourth-order valence-electron chi connectivity index (χ4n) is 1.64. The Morgan fingerprint density at radius 1 is 1.33 bits per heavy atom. The number of aryl methyl sites for hydroxylation is 1. The first-order chi connectivity index (χ1) is 10.0. The van der Waals surface area contributed by atoms with Crippen molar-refractivity contribution in [3.05, 3.63) is 39.9 Å². The number of anilines is 1. The molecule has 0 bridgehead atoms. The molecule has 0 unspecified atom stereocenters. The molecular formula is C13H14N4O3S. The summed E-state index contributed by atoms with van der Waals surface area (Å²) in [5, 5.41) is 14.5. The zero-order chi connectivity index (χ0) is 15.4. The number of benzene rings is 1. The summed E-state index contributed by atoms with van der Waals surface area (Å²) in [6, 6.07) is 6.28. The second-order valence-electron chi connectivity index (χ2n) is 4.16. The third-order valence-corrected chi connectivity index (χ3v) is 3.20. The van der Waals surface area contributed by atoms with Crippen molar-refractivity contribution in [3.8, 4) is 11.6 Å². The minimum Gasteiger partial charge on any atom is -0.432 e. The first-order valence-corrected chi connectivity index (χ1v) is 7.29. The van der Waals surface area contributed by atoms with Gasteiger partial charge in [-0.1, -0.05) is 17.8 Å². The van der Waals surface area contributed by atoms with Gasteiger partial charge in [-0.25, -0.2) is 4.98 Å². The molecule has 0 radical (unpaired) electrons. The molecule has 8 heteroatoms. The lowest BCUT2D eigenvalue weighted by atomic mass is 10.2. The summed E-state index contributed by atoms with van der Waals surface area (Å²) >= 11 is 1.36. The average Bonchev–Trinajstić information content (AvgIpc) is 2.46. The van der Waals surface area contributed by atoms with E-state index < -0.39 is 4.92 Å². The van der Waals surface area contributed by atoms with E-state index in [1.165, 1.54) is 17.8 Å². The van der Waals surface area contributed by atoms with Gasteiger partial charge < -0.3 is 10.1 Å². The predicted molar refractivity (Wildman–Crippen MR) is 81.3 cm³/mol. The van der Waals surface area contributed by atoms with Crippen LogP contribution >= 0.6 is 11.8 Å². The summed E-state index contributed by atoms with van der Waals surface area (Å²) in [6.45, 7) is 1.84. The summed E-state index contributed by atoms with van der Waals surface area (Å²) in [5.74, 6) is 1.000. The Bertz CT molecular complexity index is 656. The van der Waals surface area contributed by atoms with E-state index in [0.29, 0.717) is 11.0 Å². The largest absolute Gasteiger partial charge is 0.432 e. The van der Waals surface area contributed by atoms with Crippen molar-refractivity contribution in [1.82, 2.24) is 9.97 Å². The Hall–Kier alpha value is -2.35. The number of nitro benzene ring substituents is 1. The zero-order valence-corrected chi connectivity index (χ0v) is 12.6.